The molecule has 4 heteroatoms. The molecule has 6 aromatic rings. The monoisotopic (exact) mass is 992 g/mol. The Morgan fingerprint density at radius 2 is 0.672 bits per heavy atom. The third-order valence-electron chi connectivity index (χ3n) is 12.4. The Morgan fingerprint density at radius 3 is 0.875 bits per heavy atom. The summed E-state index contributed by atoms with van der Waals surface area (Å²) in [5.41, 5.74) is 17.8. The molecule has 0 heterocycles. The summed E-state index contributed by atoms with van der Waals surface area (Å²) in [5.74, 6) is 0. The van der Waals surface area contributed by atoms with E-state index in [2.05, 4.69) is 236 Å². The van der Waals surface area contributed by atoms with Crippen LogP contribution in [0.3, 0.4) is 0 Å². The van der Waals surface area contributed by atoms with E-state index in [0.717, 1.165) is 22.4 Å². The van der Waals surface area contributed by atoms with Crippen molar-refractivity contribution in [3.8, 4) is 22.3 Å². The quantitative estimate of drug-likeness (QED) is 0.122. The van der Waals surface area contributed by atoms with Crippen molar-refractivity contribution >= 4 is 48.1 Å². The standard InChI is InChI=1S/2C29H39.C2H6Si.2ClH.Zr/c2*1-11-19-12-13-20-14-24(29(8,9)10)18-25(20)26(19)21-15-22(27(2,3)4)17-23(16-21)28(5,6)7;1-3-2;;;/h2*12-18H,11H2,1-10H3;1-2H3;2*1H;/q2*-1;;;;+4/p-2. The number of aryl methyl sites for hydroxylation is 2. The molecular formula is C60H84Cl2SiZr. The van der Waals surface area contributed by atoms with E-state index >= 15 is 0 Å². The Morgan fingerprint density at radius 1 is 0.422 bits per heavy atom. The molecule has 64 heavy (non-hydrogen) atoms. The van der Waals surface area contributed by atoms with Crippen LogP contribution in [0, 0.1) is 0 Å². The molecule has 0 aromatic heterocycles. The third-order valence-corrected chi connectivity index (χ3v) is 12.4. The number of halogens is 2. The number of hydrogen-bond donors (Lipinski definition) is 0. The van der Waals surface area contributed by atoms with Gasteiger partial charge in [0.2, 0.25) is 0 Å². The first-order valence-electron chi connectivity index (χ1n) is 23.6. The van der Waals surface area contributed by atoms with Gasteiger partial charge in [0.25, 0.3) is 0 Å². The first-order valence-corrected chi connectivity index (χ1v) is 31.9. The van der Waals surface area contributed by atoms with Crippen LogP contribution in [0.2, 0.25) is 13.1 Å². The Bertz CT molecular complexity index is 2210. The van der Waals surface area contributed by atoms with E-state index in [9.17, 15) is 0 Å². The molecule has 0 saturated carbocycles. The van der Waals surface area contributed by atoms with Crippen LogP contribution < -0.4 is 0 Å². The Balaban J connectivity index is 0.000000303. The molecule has 0 aliphatic carbocycles. The van der Waals surface area contributed by atoms with E-state index < -0.39 is 20.8 Å². The van der Waals surface area contributed by atoms with Crippen molar-refractivity contribution in [1.82, 2.24) is 0 Å². The topological polar surface area (TPSA) is 0 Å². The van der Waals surface area contributed by atoms with E-state index in [1.807, 2.05) is 0 Å². The molecular weight excluding hydrogens is 911 g/mol. The Hall–Kier alpha value is -2.22. The molecule has 0 fully saturated rings. The van der Waals surface area contributed by atoms with Crippen LogP contribution in [0.15, 0.2) is 84.9 Å². The van der Waals surface area contributed by atoms with Crippen LogP contribution in [-0.4, -0.2) is 9.52 Å². The predicted octanol–water partition coefficient (Wildman–Crippen LogP) is 19.5. The van der Waals surface area contributed by atoms with Gasteiger partial charge in [0.05, 0.1) is 0 Å². The van der Waals surface area contributed by atoms with E-state index in [1.54, 1.807) is 0 Å². The molecule has 2 radical (unpaired) electrons. The van der Waals surface area contributed by atoms with Crippen LogP contribution in [0.4, 0.5) is 0 Å². The zero-order chi connectivity index (χ0) is 49.0. The maximum absolute atomic E-state index is 4.93. The van der Waals surface area contributed by atoms with E-state index in [4.69, 9.17) is 17.0 Å². The molecule has 0 N–H and O–H groups in total. The summed E-state index contributed by atoms with van der Waals surface area (Å²) in [6.07, 6.45) is 2.10. The van der Waals surface area contributed by atoms with Gasteiger partial charge in [-0.05, 0) is 78.7 Å². The molecule has 0 atom stereocenters. The minimum atomic E-state index is -0.826. The van der Waals surface area contributed by atoms with Crippen LogP contribution in [0.1, 0.15) is 183 Å². The third kappa shape index (κ3) is 14.4. The van der Waals surface area contributed by atoms with Crippen molar-refractivity contribution in [1.29, 1.82) is 0 Å². The second-order valence-electron chi connectivity index (χ2n) is 24.1. The summed E-state index contributed by atoms with van der Waals surface area (Å²) < 4.78 is 0. The summed E-state index contributed by atoms with van der Waals surface area (Å²) in [7, 11) is 11.0. The zero-order valence-corrected chi connectivity index (χ0v) is 49.2. The molecule has 0 aliphatic rings. The average molecular weight is 996 g/mol. The van der Waals surface area contributed by atoms with Gasteiger partial charge in [-0.15, -0.1) is 69.1 Å². The summed E-state index contributed by atoms with van der Waals surface area (Å²) >= 11 is -0.826. The molecule has 0 bridgehead atoms. The van der Waals surface area contributed by atoms with Crippen molar-refractivity contribution in [3.63, 3.8) is 0 Å². The average Bonchev–Trinajstić information content (AvgIpc) is 3.82. The number of hydrogen-bond acceptors (Lipinski definition) is 0. The van der Waals surface area contributed by atoms with Gasteiger partial charge < -0.3 is 0 Å². The zero-order valence-electron chi connectivity index (χ0n) is 44.3. The van der Waals surface area contributed by atoms with Gasteiger partial charge in [0.1, 0.15) is 0 Å². The Kier molecular flexibility index (Phi) is 19.1. The summed E-state index contributed by atoms with van der Waals surface area (Å²) in [6.45, 7) is 50.5. The van der Waals surface area contributed by atoms with Crippen LogP contribution in [0.5, 0.6) is 0 Å². The molecule has 346 valence electrons. The SMILES string of the molecule is CCc1ccc2[cH-]c(C(C)(C)C)cc2c1-c1cc(C(C)(C)C)cc(C(C)(C)C)c1.CCc1ccc2[cH-]c(C(C)(C)C)cc2c1-c1cc(C(C)(C)C)cc(C(C)(C)C)c1.C[Si]C.[Cl][Zr+2][Cl]. The molecule has 6 aromatic carbocycles. The first kappa shape index (κ1) is 56.1. The van der Waals surface area contributed by atoms with Crippen LogP contribution in [-0.2, 0) is 66.2 Å². The predicted molar refractivity (Wildman–Crippen MR) is 290 cm³/mol. The van der Waals surface area contributed by atoms with Gasteiger partial charge in [0, 0.05) is 9.52 Å². The van der Waals surface area contributed by atoms with Gasteiger partial charge in [-0.1, -0.05) is 210 Å². The fourth-order valence-electron chi connectivity index (χ4n) is 8.07. The summed E-state index contributed by atoms with van der Waals surface area (Å²) in [4.78, 5) is 0. The summed E-state index contributed by atoms with van der Waals surface area (Å²) in [6, 6.07) is 33.5. The van der Waals surface area contributed by atoms with Crippen LogP contribution in [0.25, 0.3) is 43.8 Å². The number of benzene rings is 4. The fourth-order valence-corrected chi connectivity index (χ4v) is 8.07. The maximum atomic E-state index is 4.93. The fraction of sp³-hybridized carbons (Fsp3) is 0.500. The first-order chi connectivity index (χ1) is 29.3. The molecule has 0 amide bonds. The number of rotatable bonds is 4. The normalized spacial score (nSPS) is 12.5. The summed E-state index contributed by atoms with van der Waals surface area (Å²) in [5, 5.41) is 5.53. The molecule has 0 spiro atoms. The second kappa shape index (κ2) is 21.8. The van der Waals surface area contributed by atoms with Crippen molar-refractivity contribution in [2.75, 3.05) is 0 Å². The minimum absolute atomic E-state index is 0.124. The van der Waals surface area contributed by atoms with Crippen molar-refractivity contribution < 1.29 is 20.8 Å². The van der Waals surface area contributed by atoms with E-state index in [0.29, 0.717) is 0 Å². The van der Waals surface area contributed by atoms with E-state index in [-0.39, 0.29) is 32.5 Å². The van der Waals surface area contributed by atoms with Gasteiger partial charge in [0.15, 0.2) is 0 Å². The van der Waals surface area contributed by atoms with Gasteiger partial charge >= 0.3 is 37.9 Å². The van der Waals surface area contributed by atoms with Crippen LogP contribution >= 0.6 is 17.0 Å². The van der Waals surface area contributed by atoms with Gasteiger partial charge in [-0.2, -0.15) is 12.1 Å². The van der Waals surface area contributed by atoms with Gasteiger partial charge in [-0.3, -0.25) is 0 Å². The molecule has 0 aliphatic heterocycles. The molecule has 0 saturated heterocycles. The van der Waals surface area contributed by atoms with E-state index in [1.165, 1.54) is 88.3 Å². The van der Waals surface area contributed by atoms with Crippen molar-refractivity contribution in [3.05, 3.63) is 129 Å². The number of fused-ring (bicyclic) bond motifs is 2. The molecule has 6 rings (SSSR count). The van der Waals surface area contributed by atoms with Crippen molar-refractivity contribution in [2.45, 2.75) is 197 Å². The van der Waals surface area contributed by atoms with Gasteiger partial charge in [-0.25, -0.2) is 0 Å². The second-order valence-corrected chi connectivity index (χ2v) is 28.8. The molecule has 0 unspecified atom stereocenters. The Labute approximate surface area is 414 Å². The van der Waals surface area contributed by atoms with Crippen molar-refractivity contribution in [2.24, 2.45) is 0 Å². The molecule has 0 nitrogen and oxygen atoms in total.